The van der Waals surface area contributed by atoms with E-state index in [2.05, 4.69) is 20.6 Å². The zero-order valence-electron chi connectivity index (χ0n) is 22.0. The monoisotopic (exact) mass is 589 g/mol. The first-order valence-corrected chi connectivity index (χ1v) is 13.5. The lowest BCUT2D eigenvalue weighted by Crippen LogP contribution is -2.28. The smallest absolute Gasteiger partial charge is 0.434 e. The first kappa shape index (κ1) is 29.7. The van der Waals surface area contributed by atoms with Gasteiger partial charge in [0.1, 0.15) is 16.4 Å². The Bertz CT molecular complexity index is 1650. The molecule has 0 aliphatic carbocycles. The number of aromatic nitrogens is 3. The maximum Gasteiger partial charge on any atom is 0.434 e. The number of ether oxygens (including phenoxy) is 1. The number of anilines is 1. The number of aryl methyl sites for hydroxylation is 1. The second kappa shape index (κ2) is 12.5. The molecule has 14 heteroatoms. The number of alkyl halides is 3. The molecular weight excluding hydrogens is 563 g/mol. The molecule has 0 radical (unpaired) electrons. The van der Waals surface area contributed by atoms with E-state index in [4.69, 9.17) is 4.74 Å². The number of benzene rings is 1. The summed E-state index contributed by atoms with van der Waals surface area (Å²) in [7, 11) is 0. The summed E-state index contributed by atoms with van der Waals surface area (Å²) in [6.45, 7) is 3.94. The number of nitrogens with one attached hydrogen (secondary N) is 2. The van der Waals surface area contributed by atoms with Crippen molar-refractivity contribution in [2.24, 2.45) is 0 Å². The number of carbonyl (C=O) groups is 2. The molecule has 0 aliphatic rings. The topological polar surface area (TPSA) is 135 Å². The molecule has 1 aromatic carbocycles. The quantitative estimate of drug-likeness (QED) is 0.236. The summed E-state index contributed by atoms with van der Waals surface area (Å²) in [5, 5.41) is 15.5. The highest BCUT2D eigenvalue weighted by molar-refractivity contribution is 7.13. The van der Waals surface area contributed by atoms with Crippen LogP contribution in [0.5, 0.6) is 0 Å². The van der Waals surface area contributed by atoms with Gasteiger partial charge in [0.15, 0.2) is 5.69 Å². The lowest BCUT2D eigenvalue weighted by Gasteiger charge is -2.15. The Hall–Kier alpha value is -4.30. The van der Waals surface area contributed by atoms with Crippen LogP contribution in [0.15, 0.2) is 46.8 Å². The van der Waals surface area contributed by atoms with Crippen LogP contribution < -0.4 is 16.1 Å². The summed E-state index contributed by atoms with van der Waals surface area (Å²) in [4.78, 5) is 46.0. The third kappa shape index (κ3) is 6.55. The predicted molar refractivity (Wildman–Crippen MR) is 148 cm³/mol. The van der Waals surface area contributed by atoms with Crippen LogP contribution in [0.3, 0.4) is 0 Å². The normalized spacial score (nSPS) is 11.5. The van der Waals surface area contributed by atoms with Gasteiger partial charge in [-0.25, -0.2) is 19.6 Å². The van der Waals surface area contributed by atoms with Gasteiger partial charge in [0.25, 0.3) is 0 Å². The zero-order valence-corrected chi connectivity index (χ0v) is 22.9. The van der Waals surface area contributed by atoms with E-state index in [0.29, 0.717) is 36.2 Å². The van der Waals surface area contributed by atoms with Crippen molar-refractivity contribution < 1.29 is 32.6 Å². The van der Waals surface area contributed by atoms with Gasteiger partial charge < -0.3 is 19.7 Å². The SMILES string of the molecule is CCNC(=O)Nc1cc(-c2nc(C(F)(F)F)cs2)c(-c2ccc3c(c2)c(=O)c(C(=O)OCC)cn3CCCO)cn1. The van der Waals surface area contributed by atoms with Crippen LogP contribution in [-0.4, -0.2) is 51.4 Å². The van der Waals surface area contributed by atoms with E-state index < -0.39 is 29.3 Å². The van der Waals surface area contributed by atoms with Crippen LogP contribution in [0.4, 0.5) is 23.8 Å². The number of aliphatic hydroxyl groups excluding tert-OH is 1. The van der Waals surface area contributed by atoms with Gasteiger partial charge >= 0.3 is 18.2 Å². The van der Waals surface area contributed by atoms with Gasteiger partial charge in [-0.05, 0) is 44.0 Å². The summed E-state index contributed by atoms with van der Waals surface area (Å²) in [6.07, 6.45) is -1.54. The van der Waals surface area contributed by atoms with Crippen LogP contribution in [0.2, 0.25) is 0 Å². The Morgan fingerprint density at radius 3 is 2.61 bits per heavy atom. The molecule has 0 spiro atoms. The predicted octanol–water partition coefficient (Wildman–Crippen LogP) is 4.91. The van der Waals surface area contributed by atoms with E-state index >= 15 is 0 Å². The van der Waals surface area contributed by atoms with Crippen molar-refractivity contribution in [2.45, 2.75) is 33.0 Å². The number of halogens is 3. The Morgan fingerprint density at radius 1 is 1.17 bits per heavy atom. The summed E-state index contributed by atoms with van der Waals surface area (Å²) >= 11 is 0.768. The van der Waals surface area contributed by atoms with E-state index in [1.807, 2.05) is 0 Å². The highest BCUT2D eigenvalue weighted by Crippen LogP contribution is 2.39. The average Bonchev–Trinajstić information content (AvgIpc) is 3.44. The molecule has 3 aromatic heterocycles. The molecule has 0 unspecified atom stereocenters. The van der Waals surface area contributed by atoms with Crippen molar-refractivity contribution in [1.82, 2.24) is 19.9 Å². The van der Waals surface area contributed by atoms with Crippen LogP contribution >= 0.6 is 11.3 Å². The second-order valence-electron chi connectivity index (χ2n) is 8.73. The molecule has 0 saturated carbocycles. The number of urea groups is 1. The van der Waals surface area contributed by atoms with Crippen LogP contribution in [0.1, 0.15) is 36.3 Å². The molecule has 4 aromatic rings. The minimum atomic E-state index is -4.66. The Labute approximate surface area is 235 Å². The van der Waals surface area contributed by atoms with E-state index in [0.717, 1.165) is 16.7 Å². The van der Waals surface area contributed by atoms with E-state index in [1.165, 1.54) is 24.5 Å². The molecule has 0 saturated heterocycles. The summed E-state index contributed by atoms with van der Waals surface area (Å²) < 4.78 is 46.8. The molecule has 0 fully saturated rings. The minimum Gasteiger partial charge on any atom is -0.462 e. The van der Waals surface area contributed by atoms with Gasteiger partial charge in [0.2, 0.25) is 5.43 Å². The highest BCUT2D eigenvalue weighted by atomic mass is 32.1. The van der Waals surface area contributed by atoms with E-state index in [1.54, 1.807) is 30.5 Å². The molecule has 4 rings (SSSR count). The Kier molecular flexibility index (Phi) is 9.03. The molecule has 2 amide bonds. The lowest BCUT2D eigenvalue weighted by molar-refractivity contribution is -0.140. The number of hydrogen-bond donors (Lipinski definition) is 3. The maximum absolute atomic E-state index is 13.4. The third-order valence-electron chi connectivity index (χ3n) is 5.95. The number of fused-ring (bicyclic) bond motifs is 1. The molecular formula is C27H26F3N5O5S. The van der Waals surface area contributed by atoms with Gasteiger partial charge in [-0.15, -0.1) is 11.3 Å². The first-order valence-electron chi connectivity index (χ1n) is 12.6. The van der Waals surface area contributed by atoms with Crippen molar-refractivity contribution >= 4 is 40.1 Å². The Balaban J connectivity index is 1.91. The summed E-state index contributed by atoms with van der Waals surface area (Å²) in [5.74, 6) is -0.719. The van der Waals surface area contributed by atoms with E-state index in [9.17, 15) is 32.7 Å². The van der Waals surface area contributed by atoms with Crippen molar-refractivity contribution in [2.75, 3.05) is 25.1 Å². The number of pyridine rings is 2. The number of thiazole rings is 1. The fourth-order valence-electron chi connectivity index (χ4n) is 4.12. The van der Waals surface area contributed by atoms with Gasteiger partial charge in [-0.2, -0.15) is 13.2 Å². The molecule has 41 heavy (non-hydrogen) atoms. The summed E-state index contributed by atoms with van der Waals surface area (Å²) in [6, 6.07) is 5.69. The molecule has 3 heterocycles. The van der Waals surface area contributed by atoms with Crippen molar-refractivity contribution in [3.63, 3.8) is 0 Å². The highest BCUT2D eigenvalue weighted by Gasteiger charge is 2.34. The first-order chi connectivity index (χ1) is 19.6. The van der Waals surface area contributed by atoms with Crippen LogP contribution in [-0.2, 0) is 17.5 Å². The lowest BCUT2D eigenvalue weighted by atomic mass is 9.99. The number of nitrogens with zero attached hydrogens (tertiary/aromatic N) is 3. The van der Waals surface area contributed by atoms with Crippen LogP contribution in [0.25, 0.3) is 32.6 Å². The van der Waals surface area contributed by atoms with Crippen molar-refractivity contribution in [3.8, 4) is 21.7 Å². The number of rotatable bonds is 9. The number of esters is 1. The molecule has 216 valence electrons. The van der Waals surface area contributed by atoms with Crippen molar-refractivity contribution in [3.05, 3.63) is 63.5 Å². The number of hydrogen-bond acceptors (Lipinski definition) is 8. The minimum absolute atomic E-state index is 0.0226. The number of aliphatic hydroxyl groups is 1. The zero-order chi connectivity index (χ0) is 29.7. The third-order valence-corrected chi connectivity index (χ3v) is 6.83. The van der Waals surface area contributed by atoms with E-state index in [-0.39, 0.29) is 40.6 Å². The maximum atomic E-state index is 13.4. The molecule has 10 nitrogen and oxygen atoms in total. The fourth-order valence-corrected chi connectivity index (χ4v) is 4.98. The van der Waals surface area contributed by atoms with Gasteiger partial charge in [-0.1, -0.05) is 6.07 Å². The fraction of sp³-hybridized carbons (Fsp3) is 0.296. The number of amides is 2. The van der Waals surface area contributed by atoms with Gasteiger partial charge in [-0.3, -0.25) is 10.1 Å². The summed E-state index contributed by atoms with van der Waals surface area (Å²) in [5.41, 5.74) is -0.351. The van der Waals surface area contributed by atoms with Gasteiger partial charge in [0.05, 0.1) is 12.1 Å². The van der Waals surface area contributed by atoms with Crippen LogP contribution in [0, 0.1) is 0 Å². The average molecular weight is 590 g/mol. The molecule has 3 N–H and O–H groups in total. The standard InChI is InChI=1S/C27H26F3N5O5S/c1-3-31-26(39)34-22-11-16(24-33-21(14-41-24)27(28,29)30)18(12-32-22)15-6-7-20-17(10-15)23(37)19(25(38)40-4-2)13-35(20)8-5-9-36/h6-7,10-14,36H,3-5,8-9H2,1-2H3,(H2,31,32,34,39). The van der Waals surface area contributed by atoms with Gasteiger partial charge in [0, 0.05) is 54.0 Å². The molecule has 0 atom stereocenters. The Morgan fingerprint density at radius 2 is 1.95 bits per heavy atom. The second-order valence-corrected chi connectivity index (χ2v) is 9.59. The molecule has 0 aliphatic heterocycles. The van der Waals surface area contributed by atoms with Crippen molar-refractivity contribution in [1.29, 1.82) is 0 Å². The molecule has 0 bridgehead atoms. The largest absolute Gasteiger partial charge is 0.462 e. The number of carbonyl (C=O) groups excluding carboxylic acids is 2.